The van der Waals surface area contributed by atoms with Gasteiger partial charge in [0.1, 0.15) is 0 Å². The van der Waals surface area contributed by atoms with E-state index < -0.39 is 5.97 Å². The topological polar surface area (TPSA) is 120 Å². The summed E-state index contributed by atoms with van der Waals surface area (Å²) in [5.41, 5.74) is 3.31. The molecule has 0 atom stereocenters. The van der Waals surface area contributed by atoms with Gasteiger partial charge >= 0.3 is 5.97 Å². The molecule has 1 aromatic heterocycles. The monoisotopic (exact) mass is 487 g/mol. The number of nitrogens with zero attached hydrogens (tertiary/aromatic N) is 2. The number of nitrogens with one attached hydrogen (secondary N) is 3. The minimum atomic E-state index is -0.662. The zero-order valence-electron chi connectivity index (χ0n) is 20.4. The van der Waals surface area contributed by atoms with E-state index in [1.165, 1.54) is 44.1 Å². The van der Waals surface area contributed by atoms with Crippen molar-refractivity contribution in [1.82, 2.24) is 15.2 Å². The zero-order valence-corrected chi connectivity index (χ0v) is 20.4. The molecule has 0 unspecified atom stereocenters. The largest absolute Gasteiger partial charge is 0.481 e. The fourth-order valence-electron chi connectivity index (χ4n) is 5.90. The van der Waals surface area contributed by atoms with Crippen molar-refractivity contribution in [3.63, 3.8) is 0 Å². The summed E-state index contributed by atoms with van der Waals surface area (Å²) in [7, 11) is 0. The molecular formula is C28H33N5O3. The summed E-state index contributed by atoms with van der Waals surface area (Å²) >= 11 is 0. The van der Waals surface area contributed by atoms with Crippen LogP contribution in [0.3, 0.4) is 0 Å². The van der Waals surface area contributed by atoms with Gasteiger partial charge in [-0.05, 0) is 98.4 Å². The predicted molar refractivity (Wildman–Crippen MR) is 138 cm³/mol. The second-order valence-corrected chi connectivity index (χ2v) is 10.4. The van der Waals surface area contributed by atoms with Crippen molar-refractivity contribution in [2.45, 2.75) is 63.7 Å². The van der Waals surface area contributed by atoms with Crippen LogP contribution in [0.5, 0.6) is 0 Å². The highest BCUT2D eigenvalue weighted by atomic mass is 16.4. The lowest BCUT2D eigenvalue weighted by molar-refractivity contribution is -0.138. The Balaban J connectivity index is 1.11. The second-order valence-electron chi connectivity index (χ2n) is 10.4. The summed E-state index contributed by atoms with van der Waals surface area (Å²) in [6, 6.07) is 17.7. The van der Waals surface area contributed by atoms with E-state index in [-0.39, 0.29) is 11.7 Å². The van der Waals surface area contributed by atoms with Crippen LogP contribution in [0, 0.1) is 11.3 Å². The Labute approximate surface area is 210 Å². The van der Waals surface area contributed by atoms with Crippen LogP contribution in [-0.2, 0) is 4.79 Å². The number of hydrogen-bond donors (Lipinski definition) is 4. The molecule has 2 aromatic carbocycles. The molecule has 0 bridgehead atoms. The van der Waals surface area contributed by atoms with E-state index in [0.29, 0.717) is 29.6 Å². The number of anilines is 3. The van der Waals surface area contributed by atoms with E-state index in [1.54, 1.807) is 0 Å². The third-order valence-electron chi connectivity index (χ3n) is 8.05. The van der Waals surface area contributed by atoms with E-state index in [9.17, 15) is 9.59 Å². The Hall–Kier alpha value is -3.68. The van der Waals surface area contributed by atoms with Gasteiger partial charge in [-0.25, -0.2) is 0 Å². The molecule has 2 aliphatic carbocycles. The molecule has 8 heteroatoms. The molecular weight excluding hydrogens is 454 g/mol. The van der Waals surface area contributed by atoms with Gasteiger partial charge in [-0.15, -0.1) is 5.10 Å². The first-order valence-corrected chi connectivity index (χ1v) is 12.9. The fraction of sp³-hybridized carbons (Fsp3) is 0.429. The van der Waals surface area contributed by atoms with Crippen LogP contribution in [0.1, 0.15) is 79.9 Å². The number of aromatic amines is 1. The van der Waals surface area contributed by atoms with Gasteiger partial charge < -0.3 is 15.7 Å². The lowest BCUT2D eigenvalue weighted by atomic mass is 9.60. The molecule has 188 valence electrons. The summed E-state index contributed by atoms with van der Waals surface area (Å²) < 4.78 is 0. The minimum Gasteiger partial charge on any atom is -0.481 e. The molecule has 8 nitrogen and oxygen atoms in total. The lowest BCUT2D eigenvalue weighted by Gasteiger charge is -2.45. The van der Waals surface area contributed by atoms with Gasteiger partial charge in [0.05, 0.1) is 0 Å². The van der Waals surface area contributed by atoms with Gasteiger partial charge in [0.2, 0.25) is 11.8 Å². The van der Waals surface area contributed by atoms with Gasteiger partial charge in [-0.1, -0.05) is 30.3 Å². The van der Waals surface area contributed by atoms with E-state index in [2.05, 4.69) is 37.9 Å². The Morgan fingerprint density at radius 2 is 1.58 bits per heavy atom. The van der Waals surface area contributed by atoms with Crippen molar-refractivity contribution in [2.24, 2.45) is 11.3 Å². The van der Waals surface area contributed by atoms with E-state index in [4.69, 9.17) is 5.11 Å². The maximum absolute atomic E-state index is 12.6. The number of carbonyl (C=O) groups is 2. The molecule has 0 aliphatic heterocycles. The number of para-hydroxylation sites is 1. The van der Waals surface area contributed by atoms with Crippen LogP contribution in [-0.4, -0.2) is 32.2 Å². The molecule has 36 heavy (non-hydrogen) atoms. The number of aliphatic carboxylic acids is 1. The molecule has 2 aliphatic rings. The number of amides is 1. The predicted octanol–water partition coefficient (Wildman–Crippen LogP) is 6.11. The molecule has 2 fully saturated rings. The third kappa shape index (κ3) is 5.75. The summed E-state index contributed by atoms with van der Waals surface area (Å²) in [4.78, 5) is 27.9. The normalized spacial score (nSPS) is 23.8. The zero-order chi connectivity index (χ0) is 25.0. The van der Waals surface area contributed by atoms with Crippen molar-refractivity contribution in [2.75, 3.05) is 10.6 Å². The highest BCUT2D eigenvalue weighted by Crippen LogP contribution is 2.52. The molecule has 2 saturated carbocycles. The van der Waals surface area contributed by atoms with Gasteiger partial charge in [-0.2, -0.15) is 4.98 Å². The Morgan fingerprint density at radius 3 is 2.25 bits per heavy atom. The van der Waals surface area contributed by atoms with Crippen LogP contribution in [0.25, 0.3) is 0 Å². The molecule has 5 rings (SSSR count). The van der Waals surface area contributed by atoms with Crippen LogP contribution >= 0.6 is 0 Å². The number of rotatable bonds is 7. The van der Waals surface area contributed by atoms with Crippen LogP contribution in [0.4, 0.5) is 17.3 Å². The van der Waals surface area contributed by atoms with E-state index >= 15 is 0 Å². The maximum Gasteiger partial charge on any atom is 0.303 e. The van der Waals surface area contributed by atoms with Crippen molar-refractivity contribution >= 4 is 29.2 Å². The van der Waals surface area contributed by atoms with Gasteiger partial charge in [0.25, 0.3) is 5.91 Å². The molecule has 1 amide bonds. The second kappa shape index (κ2) is 10.5. The fourth-order valence-corrected chi connectivity index (χ4v) is 5.90. The molecule has 0 radical (unpaired) electrons. The Kier molecular flexibility index (Phi) is 7.02. The van der Waals surface area contributed by atoms with Crippen molar-refractivity contribution in [3.05, 3.63) is 66.0 Å². The summed E-state index contributed by atoms with van der Waals surface area (Å²) in [5.74, 6) is 0.384. The van der Waals surface area contributed by atoms with Crippen LogP contribution in [0.15, 0.2) is 54.6 Å². The maximum atomic E-state index is 12.6. The average Bonchev–Trinajstić information content (AvgIpc) is 3.36. The van der Waals surface area contributed by atoms with Crippen LogP contribution in [0.2, 0.25) is 0 Å². The highest BCUT2D eigenvalue weighted by molar-refractivity contribution is 6.01. The van der Waals surface area contributed by atoms with Crippen molar-refractivity contribution < 1.29 is 14.7 Å². The Bertz CT molecular complexity index is 1170. The number of carboxylic acids is 1. The average molecular weight is 488 g/mol. The smallest absolute Gasteiger partial charge is 0.303 e. The highest BCUT2D eigenvalue weighted by Gasteiger charge is 2.39. The molecule has 1 spiro atoms. The number of aromatic nitrogens is 3. The first-order chi connectivity index (χ1) is 17.5. The molecule has 3 aromatic rings. The number of benzene rings is 2. The summed E-state index contributed by atoms with van der Waals surface area (Å²) in [5, 5.41) is 21.8. The number of carbonyl (C=O) groups excluding carboxylic acids is 1. The van der Waals surface area contributed by atoms with E-state index in [1.807, 2.05) is 42.5 Å². The quantitative estimate of drug-likeness (QED) is 0.319. The first kappa shape index (κ1) is 24.0. The lowest BCUT2D eigenvalue weighted by Crippen LogP contribution is -2.32. The number of carboxylic acid groups (broad SMARTS) is 1. The first-order valence-electron chi connectivity index (χ1n) is 12.9. The van der Waals surface area contributed by atoms with Gasteiger partial charge in [0, 0.05) is 17.8 Å². The summed E-state index contributed by atoms with van der Waals surface area (Å²) in [6.45, 7) is 0. The third-order valence-corrected chi connectivity index (χ3v) is 8.05. The SMILES string of the molecule is O=C(O)CC1CCC2(CC1)CCC(c1ccc(NC(=O)c3nc(Nc4ccccc4)n[nH]3)cc1)CC2. The summed E-state index contributed by atoms with van der Waals surface area (Å²) in [6.07, 6.45) is 9.57. The van der Waals surface area contributed by atoms with Gasteiger partial charge in [-0.3, -0.25) is 14.7 Å². The van der Waals surface area contributed by atoms with Crippen molar-refractivity contribution in [3.8, 4) is 0 Å². The molecule has 4 N–H and O–H groups in total. The Morgan fingerprint density at radius 1 is 0.917 bits per heavy atom. The standard InChI is InChI=1S/C28H33N5O3/c34-24(35)18-19-10-14-28(15-11-19)16-12-21(13-17-28)20-6-8-23(9-7-20)29-26(36)25-31-27(33-32-25)30-22-4-2-1-3-5-22/h1-9,19,21H,10-18H2,(H,29,36)(H,34,35)(H2,30,31,32,33). The van der Waals surface area contributed by atoms with E-state index in [0.717, 1.165) is 24.2 Å². The van der Waals surface area contributed by atoms with Gasteiger partial charge in [0.15, 0.2) is 0 Å². The van der Waals surface area contributed by atoms with Crippen molar-refractivity contribution in [1.29, 1.82) is 0 Å². The number of hydrogen-bond acceptors (Lipinski definition) is 5. The molecule has 1 heterocycles. The minimum absolute atomic E-state index is 0.146. The van der Waals surface area contributed by atoms with Crippen LogP contribution < -0.4 is 10.6 Å². The molecule has 0 saturated heterocycles. The number of H-pyrrole nitrogens is 1.